The Labute approximate surface area is 167 Å². The predicted molar refractivity (Wildman–Crippen MR) is 109 cm³/mol. The van der Waals surface area contributed by atoms with Crippen molar-refractivity contribution < 1.29 is 9.53 Å². The molecule has 4 rings (SSSR count). The third-order valence-corrected chi connectivity index (χ3v) is 5.26. The summed E-state index contributed by atoms with van der Waals surface area (Å²) in [6.45, 7) is 5.50. The molecule has 0 saturated carbocycles. The molecule has 1 amide bonds. The molecule has 1 atom stereocenters. The summed E-state index contributed by atoms with van der Waals surface area (Å²) in [6.07, 6.45) is 4.40. The topological polar surface area (TPSA) is 101 Å². The van der Waals surface area contributed by atoms with E-state index >= 15 is 0 Å². The SMILES string of the molecule is CCCn1c(=N)c(C(=O)NC[C@H]2CCCO2)cc2c(=O)n3cc(C)ccc3nc21. The van der Waals surface area contributed by atoms with Crippen molar-refractivity contribution in [1.29, 1.82) is 5.41 Å². The largest absolute Gasteiger partial charge is 0.376 e. The Kier molecular flexibility index (Phi) is 5.19. The van der Waals surface area contributed by atoms with Crippen LogP contribution in [0.5, 0.6) is 0 Å². The molecule has 1 aliphatic rings. The number of pyridine rings is 2. The molecule has 0 unspecified atom stereocenters. The Bertz CT molecular complexity index is 1200. The fourth-order valence-corrected chi connectivity index (χ4v) is 3.76. The highest BCUT2D eigenvalue weighted by atomic mass is 16.5. The number of nitrogens with zero attached hydrogens (tertiary/aromatic N) is 3. The van der Waals surface area contributed by atoms with Crippen molar-refractivity contribution in [3.05, 3.63) is 51.4 Å². The van der Waals surface area contributed by atoms with Gasteiger partial charge in [0, 0.05) is 25.9 Å². The van der Waals surface area contributed by atoms with E-state index in [1.54, 1.807) is 16.8 Å². The molecule has 1 fully saturated rings. The molecule has 0 spiro atoms. The average Bonchev–Trinajstić information content (AvgIpc) is 3.23. The number of aromatic nitrogens is 3. The second kappa shape index (κ2) is 7.79. The highest BCUT2D eigenvalue weighted by molar-refractivity contribution is 5.96. The number of amides is 1. The van der Waals surface area contributed by atoms with E-state index in [2.05, 4.69) is 10.3 Å². The van der Waals surface area contributed by atoms with Gasteiger partial charge in [0.05, 0.1) is 17.1 Å². The number of carbonyl (C=O) groups excluding carboxylic acids is 1. The van der Waals surface area contributed by atoms with Crippen LogP contribution in [-0.2, 0) is 11.3 Å². The van der Waals surface area contributed by atoms with Crippen LogP contribution in [0.25, 0.3) is 16.7 Å². The zero-order valence-corrected chi connectivity index (χ0v) is 16.7. The molecule has 0 radical (unpaired) electrons. The molecule has 4 heterocycles. The van der Waals surface area contributed by atoms with E-state index < -0.39 is 0 Å². The highest BCUT2D eigenvalue weighted by Crippen LogP contribution is 2.13. The van der Waals surface area contributed by atoms with Gasteiger partial charge >= 0.3 is 0 Å². The molecular weight excluding hydrogens is 370 g/mol. The summed E-state index contributed by atoms with van der Waals surface area (Å²) in [5.74, 6) is -0.369. The van der Waals surface area contributed by atoms with E-state index in [1.807, 2.05) is 19.9 Å². The summed E-state index contributed by atoms with van der Waals surface area (Å²) in [7, 11) is 0. The Morgan fingerprint density at radius 1 is 1.41 bits per heavy atom. The van der Waals surface area contributed by atoms with E-state index in [9.17, 15) is 9.59 Å². The number of rotatable bonds is 5. The van der Waals surface area contributed by atoms with Crippen LogP contribution < -0.4 is 16.4 Å². The number of fused-ring (bicyclic) bond motifs is 2. The van der Waals surface area contributed by atoms with Gasteiger partial charge in [0.15, 0.2) is 0 Å². The Balaban J connectivity index is 1.86. The molecule has 8 nitrogen and oxygen atoms in total. The van der Waals surface area contributed by atoms with Crippen LogP contribution >= 0.6 is 0 Å². The van der Waals surface area contributed by atoms with Gasteiger partial charge in [-0.05, 0) is 43.9 Å². The third-order valence-electron chi connectivity index (χ3n) is 5.26. The molecule has 3 aromatic rings. The van der Waals surface area contributed by atoms with Gasteiger partial charge in [-0.25, -0.2) is 4.98 Å². The maximum atomic E-state index is 13.1. The van der Waals surface area contributed by atoms with Gasteiger partial charge in [0.1, 0.15) is 16.8 Å². The predicted octanol–water partition coefficient (Wildman–Crippen LogP) is 1.76. The van der Waals surface area contributed by atoms with Crippen LogP contribution in [0.1, 0.15) is 42.1 Å². The Morgan fingerprint density at radius 3 is 2.97 bits per heavy atom. The van der Waals surface area contributed by atoms with Gasteiger partial charge in [0.2, 0.25) is 0 Å². The van der Waals surface area contributed by atoms with Crippen LogP contribution in [0.3, 0.4) is 0 Å². The lowest BCUT2D eigenvalue weighted by molar-refractivity contribution is 0.0855. The van der Waals surface area contributed by atoms with Crippen molar-refractivity contribution in [2.75, 3.05) is 13.2 Å². The second-order valence-corrected chi connectivity index (χ2v) is 7.49. The van der Waals surface area contributed by atoms with E-state index in [0.717, 1.165) is 24.8 Å². The summed E-state index contributed by atoms with van der Waals surface area (Å²) in [4.78, 5) is 30.6. The molecule has 8 heteroatoms. The molecular formula is C21H25N5O3. The standard InChI is InChI=1S/C21H25N5O3/c1-3-8-25-18(22)15(20(27)23-11-14-5-4-9-29-14)10-16-19(25)24-17-7-6-13(2)12-26(17)21(16)28/h6-7,10,12,14,22H,3-5,8-9,11H2,1-2H3,(H,23,27)/t14-/m1/s1. The van der Waals surface area contributed by atoms with Crippen molar-refractivity contribution in [2.24, 2.45) is 0 Å². The van der Waals surface area contributed by atoms with Crippen molar-refractivity contribution in [3.63, 3.8) is 0 Å². The number of carbonyl (C=O) groups is 1. The first kappa shape index (κ1) is 19.3. The molecule has 3 aromatic heterocycles. The van der Waals surface area contributed by atoms with Crippen LogP contribution in [-0.4, -0.2) is 39.1 Å². The fraction of sp³-hybridized carbons (Fsp3) is 0.429. The smallest absolute Gasteiger partial charge is 0.267 e. The lowest BCUT2D eigenvalue weighted by Crippen LogP contribution is -2.37. The van der Waals surface area contributed by atoms with Gasteiger partial charge in [-0.15, -0.1) is 0 Å². The number of hydrogen-bond donors (Lipinski definition) is 2. The summed E-state index contributed by atoms with van der Waals surface area (Å²) < 4.78 is 8.69. The molecule has 1 aliphatic heterocycles. The lowest BCUT2D eigenvalue weighted by Gasteiger charge is -2.15. The monoisotopic (exact) mass is 395 g/mol. The van der Waals surface area contributed by atoms with Crippen LogP contribution in [0.4, 0.5) is 0 Å². The highest BCUT2D eigenvalue weighted by Gasteiger charge is 2.20. The van der Waals surface area contributed by atoms with Crippen LogP contribution in [0.2, 0.25) is 0 Å². The van der Waals surface area contributed by atoms with E-state index in [-0.39, 0.29) is 28.6 Å². The maximum absolute atomic E-state index is 13.1. The van der Waals surface area contributed by atoms with Crippen molar-refractivity contribution in [1.82, 2.24) is 19.3 Å². The molecule has 0 bridgehead atoms. The fourth-order valence-electron chi connectivity index (χ4n) is 3.76. The van der Waals surface area contributed by atoms with Gasteiger partial charge in [-0.3, -0.25) is 19.4 Å². The average molecular weight is 395 g/mol. The summed E-state index contributed by atoms with van der Waals surface area (Å²) in [6, 6.07) is 5.18. The molecule has 152 valence electrons. The van der Waals surface area contributed by atoms with Crippen molar-refractivity contribution >= 4 is 22.6 Å². The van der Waals surface area contributed by atoms with Crippen molar-refractivity contribution in [3.8, 4) is 0 Å². The van der Waals surface area contributed by atoms with Crippen molar-refractivity contribution in [2.45, 2.75) is 45.8 Å². The molecule has 1 saturated heterocycles. The lowest BCUT2D eigenvalue weighted by atomic mass is 10.1. The summed E-state index contributed by atoms with van der Waals surface area (Å²) >= 11 is 0. The number of aryl methyl sites for hydroxylation is 2. The van der Waals surface area contributed by atoms with E-state index in [1.165, 1.54) is 10.5 Å². The first-order valence-electron chi connectivity index (χ1n) is 10.0. The number of hydrogen-bond acceptors (Lipinski definition) is 5. The zero-order valence-electron chi connectivity index (χ0n) is 16.7. The van der Waals surface area contributed by atoms with Gasteiger partial charge < -0.3 is 14.6 Å². The number of nitrogens with one attached hydrogen (secondary N) is 2. The molecule has 0 aliphatic carbocycles. The second-order valence-electron chi connectivity index (χ2n) is 7.49. The molecule has 29 heavy (non-hydrogen) atoms. The quantitative estimate of drug-likeness (QED) is 0.643. The summed E-state index contributed by atoms with van der Waals surface area (Å²) in [5, 5.41) is 11.8. The zero-order chi connectivity index (χ0) is 20.5. The third kappa shape index (κ3) is 3.55. The first-order valence-corrected chi connectivity index (χ1v) is 10.0. The minimum absolute atomic E-state index is 0.00978. The molecule has 0 aromatic carbocycles. The number of ether oxygens (including phenoxy) is 1. The minimum Gasteiger partial charge on any atom is -0.376 e. The van der Waals surface area contributed by atoms with Gasteiger partial charge in [-0.2, -0.15) is 0 Å². The van der Waals surface area contributed by atoms with Crippen LogP contribution in [0.15, 0.2) is 29.2 Å². The maximum Gasteiger partial charge on any atom is 0.267 e. The molecule has 2 N–H and O–H groups in total. The Morgan fingerprint density at radius 2 is 2.24 bits per heavy atom. The first-order chi connectivity index (χ1) is 14.0. The summed E-state index contributed by atoms with van der Waals surface area (Å²) in [5.41, 5.74) is 1.89. The minimum atomic E-state index is -0.369. The van der Waals surface area contributed by atoms with Gasteiger partial charge in [0.25, 0.3) is 11.5 Å². The van der Waals surface area contributed by atoms with Crippen LogP contribution in [0, 0.1) is 12.3 Å². The van der Waals surface area contributed by atoms with Gasteiger partial charge in [-0.1, -0.05) is 13.0 Å². The van der Waals surface area contributed by atoms with E-state index in [0.29, 0.717) is 36.4 Å². The normalized spacial score (nSPS) is 16.6. The van der Waals surface area contributed by atoms with E-state index in [4.69, 9.17) is 10.1 Å². The Hall–Kier alpha value is -3.00.